The number of carbonyl (C=O) groups excluding carboxylic acids is 1. The molecule has 94 valence electrons. The van der Waals surface area contributed by atoms with Crippen molar-refractivity contribution in [2.24, 2.45) is 11.7 Å². The van der Waals surface area contributed by atoms with Crippen molar-refractivity contribution >= 4 is 5.91 Å². The van der Waals surface area contributed by atoms with Crippen LogP contribution in [-0.2, 0) is 4.79 Å². The third-order valence-electron chi connectivity index (χ3n) is 3.19. The minimum atomic E-state index is -0.319. The van der Waals surface area contributed by atoms with Gasteiger partial charge in [-0.2, -0.15) is 0 Å². The minimum Gasteiger partial charge on any atom is -0.391 e. The van der Waals surface area contributed by atoms with E-state index < -0.39 is 0 Å². The number of nitrogens with two attached hydrogens (primary N) is 1. The Hall–Kier alpha value is -0.610. The molecule has 3 atom stereocenters. The molecule has 1 amide bonds. The maximum Gasteiger partial charge on any atom is 0.225 e. The smallest absolute Gasteiger partial charge is 0.225 e. The number of hydrogen-bond donors (Lipinski definition) is 2. The van der Waals surface area contributed by atoms with Gasteiger partial charge in [0.05, 0.1) is 6.10 Å². The zero-order valence-electron chi connectivity index (χ0n) is 10.4. The van der Waals surface area contributed by atoms with Crippen LogP contribution in [0.5, 0.6) is 0 Å². The van der Waals surface area contributed by atoms with Crippen LogP contribution in [0.3, 0.4) is 0 Å². The molecule has 0 aromatic heterocycles. The van der Waals surface area contributed by atoms with Crippen LogP contribution >= 0.6 is 0 Å². The van der Waals surface area contributed by atoms with Gasteiger partial charge < -0.3 is 15.7 Å². The molecule has 1 rings (SSSR count). The van der Waals surface area contributed by atoms with E-state index in [1.165, 1.54) is 0 Å². The Bertz CT molecular complexity index is 231. The highest BCUT2D eigenvalue weighted by atomic mass is 16.3. The molecule has 1 aliphatic rings. The molecule has 1 saturated heterocycles. The van der Waals surface area contributed by atoms with Crippen molar-refractivity contribution in [3.8, 4) is 0 Å². The van der Waals surface area contributed by atoms with E-state index in [-0.39, 0.29) is 24.0 Å². The fraction of sp³-hybridized carbons (Fsp3) is 0.917. The number of hydrogen-bond acceptors (Lipinski definition) is 3. The van der Waals surface area contributed by atoms with Gasteiger partial charge in [-0.05, 0) is 26.2 Å². The van der Waals surface area contributed by atoms with E-state index in [1.54, 1.807) is 4.90 Å². The predicted octanol–water partition coefficient (Wildman–Crippen LogP) is 0.733. The van der Waals surface area contributed by atoms with Crippen LogP contribution in [0.4, 0.5) is 0 Å². The lowest BCUT2D eigenvalue weighted by Crippen LogP contribution is -2.34. The summed E-state index contributed by atoms with van der Waals surface area (Å²) in [5, 5.41) is 9.37. The third kappa shape index (κ3) is 4.10. The van der Waals surface area contributed by atoms with Gasteiger partial charge in [-0.3, -0.25) is 4.79 Å². The first-order valence-corrected chi connectivity index (χ1v) is 6.23. The van der Waals surface area contributed by atoms with Crippen molar-refractivity contribution in [1.29, 1.82) is 0 Å². The average Bonchev–Trinajstić information content (AvgIpc) is 2.63. The second kappa shape index (κ2) is 6.21. The fourth-order valence-electron chi connectivity index (χ4n) is 2.12. The highest BCUT2D eigenvalue weighted by molar-refractivity contribution is 5.78. The molecular weight excluding hydrogens is 204 g/mol. The van der Waals surface area contributed by atoms with Crippen LogP contribution in [0, 0.1) is 5.92 Å². The van der Waals surface area contributed by atoms with E-state index in [4.69, 9.17) is 5.73 Å². The zero-order chi connectivity index (χ0) is 12.1. The molecule has 16 heavy (non-hydrogen) atoms. The lowest BCUT2D eigenvalue weighted by molar-refractivity contribution is -0.134. The molecule has 1 heterocycles. The number of aliphatic hydroxyl groups is 1. The molecule has 0 radical (unpaired) electrons. The summed E-state index contributed by atoms with van der Waals surface area (Å²) in [5.74, 6) is 0.241. The molecule has 0 aromatic carbocycles. The van der Waals surface area contributed by atoms with Gasteiger partial charge in [-0.15, -0.1) is 0 Å². The molecule has 3 N–H and O–H groups in total. The van der Waals surface area contributed by atoms with Gasteiger partial charge in [0.25, 0.3) is 0 Å². The molecule has 0 aliphatic carbocycles. The molecular formula is C12H24N2O2. The van der Waals surface area contributed by atoms with Crippen molar-refractivity contribution < 1.29 is 9.90 Å². The number of carbonyl (C=O) groups is 1. The first-order valence-electron chi connectivity index (χ1n) is 6.23. The largest absolute Gasteiger partial charge is 0.391 e. The second-order valence-corrected chi connectivity index (χ2v) is 5.04. The number of nitrogens with zero attached hydrogens (tertiary/aromatic N) is 1. The second-order valence-electron chi connectivity index (χ2n) is 5.04. The van der Waals surface area contributed by atoms with Crippen LogP contribution in [-0.4, -0.2) is 41.1 Å². The van der Waals surface area contributed by atoms with E-state index in [2.05, 4.69) is 0 Å². The quantitative estimate of drug-likeness (QED) is 0.729. The van der Waals surface area contributed by atoms with Gasteiger partial charge >= 0.3 is 0 Å². The van der Waals surface area contributed by atoms with Gasteiger partial charge in [0, 0.05) is 25.0 Å². The monoisotopic (exact) mass is 228 g/mol. The summed E-state index contributed by atoms with van der Waals surface area (Å²) in [4.78, 5) is 13.7. The summed E-state index contributed by atoms with van der Waals surface area (Å²) in [7, 11) is 0. The Morgan fingerprint density at radius 3 is 2.69 bits per heavy atom. The molecule has 4 heteroatoms. The lowest BCUT2D eigenvalue weighted by atomic mass is 10.0. The maximum absolute atomic E-state index is 12.0. The molecule has 0 bridgehead atoms. The van der Waals surface area contributed by atoms with E-state index in [0.717, 1.165) is 25.7 Å². The Labute approximate surface area is 97.8 Å². The number of rotatable bonds is 5. The van der Waals surface area contributed by atoms with E-state index >= 15 is 0 Å². The molecule has 0 aromatic rings. The maximum atomic E-state index is 12.0. The van der Waals surface area contributed by atoms with Gasteiger partial charge in [-0.1, -0.05) is 13.3 Å². The van der Waals surface area contributed by atoms with E-state index in [0.29, 0.717) is 13.1 Å². The van der Waals surface area contributed by atoms with Crippen LogP contribution in [0.25, 0.3) is 0 Å². The van der Waals surface area contributed by atoms with Crippen molar-refractivity contribution in [3.05, 3.63) is 0 Å². The third-order valence-corrected chi connectivity index (χ3v) is 3.19. The first-order chi connectivity index (χ1) is 7.50. The molecule has 1 aliphatic heterocycles. The molecule has 0 saturated carbocycles. The predicted molar refractivity (Wildman–Crippen MR) is 63.9 cm³/mol. The van der Waals surface area contributed by atoms with Gasteiger partial charge in [0.1, 0.15) is 0 Å². The standard InChI is InChI=1S/C12H24N2O2/c1-9(4-3-5-10(2)13)12(16)14-7-6-11(15)8-14/h9-11,15H,3-8,13H2,1-2H3. The van der Waals surface area contributed by atoms with Crippen LogP contribution in [0.1, 0.15) is 39.5 Å². The van der Waals surface area contributed by atoms with Crippen molar-refractivity contribution in [1.82, 2.24) is 4.90 Å². The Morgan fingerprint density at radius 2 is 2.19 bits per heavy atom. The number of β-amino-alcohol motifs (C(OH)–C–C–N with tert-alkyl or cyclic N) is 1. The van der Waals surface area contributed by atoms with Crippen LogP contribution in [0.2, 0.25) is 0 Å². The van der Waals surface area contributed by atoms with Gasteiger partial charge in [-0.25, -0.2) is 0 Å². The number of amides is 1. The molecule has 4 nitrogen and oxygen atoms in total. The molecule has 1 fully saturated rings. The van der Waals surface area contributed by atoms with Gasteiger partial charge in [0.2, 0.25) is 5.91 Å². The Morgan fingerprint density at radius 1 is 1.50 bits per heavy atom. The highest BCUT2D eigenvalue weighted by Crippen LogP contribution is 2.16. The van der Waals surface area contributed by atoms with E-state index in [1.807, 2.05) is 13.8 Å². The van der Waals surface area contributed by atoms with Crippen molar-refractivity contribution in [2.45, 2.75) is 51.7 Å². The summed E-state index contributed by atoms with van der Waals surface area (Å²) < 4.78 is 0. The highest BCUT2D eigenvalue weighted by Gasteiger charge is 2.27. The Balaban J connectivity index is 2.25. The number of likely N-dealkylation sites (tertiary alicyclic amines) is 1. The first kappa shape index (κ1) is 13.5. The summed E-state index contributed by atoms with van der Waals surface area (Å²) in [5.41, 5.74) is 5.67. The molecule has 0 spiro atoms. The summed E-state index contributed by atoms with van der Waals surface area (Å²) in [6.45, 7) is 5.17. The fourth-order valence-corrected chi connectivity index (χ4v) is 2.12. The normalized spacial score (nSPS) is 24.5. The van der Waals surface area contributed by atoms with Crippen molar-refractivity contribution in [2.75, 3.05) is 13.1 Å². The zero-order valence-corrected chi connectivity index (χ0v) is 10.4. The Kier molecular flexibility index (Phi) is 5.22. The average molecular weight is 228 g/mol. The topological polar surface area (TPSA) is 66.6 Å². The van der Waals surface area contributed by atoms with Crippen LogP contribution < -0.4 is 5.73 Å². The van der Waals surface area contributed by atoms with Crippen LogP contribution in [0.15, 0.2) is 0 Å². The molecule has 3 unspecified atom stereocenters. The van der Waals surface area contributed by atoms with Crippen molar-refractivity contribution in [3.63, 3.8) is 0 Å². The summed E-state index contributed by atoms with van der Waals surface area (Å²) in [6, 6.07) is 0.218. The summed E-state index contributed by atoms with van der Waals surface area (Å²) >= 11 is 0. The van der Waals surface area contributed by atoms with Gasteiger partial charge in [0.15, 0.2) is 0 Å². The minimum absolute atomic E-state index is 0.0593. The number of aliphatic hydroxyl groups excluding tert-OH is 1. The lowest BCUT2D eigenvalue weighted by Gasteiger charge is -2.20. The van der Waals surface area contributed by atoms with E-state index in [9.17, 15) is 9.90 Å². The summed E-state index contributed by atoms with van der Waals surface area (Å²) in [6.07, 6.45) is 3.27. The SMILES string of the molecule is CC(N)CCCC(C)C(=O)N1CCC(O)C1.